The molecule has 0 radical (unpaired) electrons. The summed E-state index contributed by atoms with van der Waals surface area (Å²) < 4.78 is 11.4. The summed E-state index contributed by atoms with van der Waals surface area (Å²) in [6.45, 7) is 1.38. The number of amides is 1. The average Bonchev–Trinajstić information content (AvgIpc) is 3.20. The molecule has 2 aliphatic rings. The average molecular weight is 289 g/mol. The highest BCUT2D eigenvalue weighted by atomic mass is 16.5. The molecule has 21 heavy (non-hydrogen) atoms. The predicted molar refractivity (Wildman–Crippen MR) is 81.5 cm³/mol. The van der Waals surface area contributed by atoms with E-state index in [1.165, 1.54) is 0 Å². The molecular weight excluding hydrogens is 266 g/mol. The number of carbonyl (C=O) groups excluding carboxylic acids is 1. The van der Waals surface area contributed by atoms with Gasteiger partial charge in [-0.15, -0.1) is 0 Å². The van der Waals surface area contributed by atoms with Gasteiger partial charge in [0.05, 0.1) is 11.8 Å². The van der Waals surface area contributed by atoms with Crippen LogP contribution in [0.2, 0.25) is 0 Å². The highest BCUT2D eigenvalue weighted by Gasteiger charge is 2.23. The van der Waals surface area contributed by atoms with Crippen LogP contribution in [0.3, 0.4) is 0 Å². The zero-order chi connectivity index (χ0) is 14.5. The fraction of sp³-hybridized carbons (Fsp3) is 0.588. The molecule has 2 fully saturated rings. The van der Waals surface area contributed by atoms with Gasteiger partial charge in [-0.3, -0.25) is 4.79 Å². The van der Waals surface area contributed by atoms with E-state index in [4.69, 9.17) is 9.47 Å². The van der Waals surface area contributed by atoms with Crippen LogP contribution in [0, 0.1) is 5.92 Å². The van der Waals surface area contributed by atoms with E-state index in [2.05, 4.69) is 5.32 Å². The quantitative estimate of drug-likeness (QED) is 0.904. The highest BCUT2D eigenvalue weighted by Crippen LogP contribution is 2.29. The largest absolute Gasteiger partial charge is 0.489 e. The molecule has 0 bridgehead atoms. The molecule has 1 unspecified atom stereocenters. The van der Waals surface area contributed by atoms with Gasteiger partial charge in [0.25, 0.3) is 0 Å². The number of para-hydroxylation sites is 2. The molecule has 1 heterocycles. The molecule has 1 aromatic rings. The Balaban J connectivity index is 1.59. The number of anilines is 1. The second-order valence-corrected chi connectivity index (χ2v) is 5.91. The molecule has 4 nitrogen and oxygen atoms in total. The van der Waals surface area contributed by atoms with Crippen LogP contribution in [0.25, 0.3) is 0 Å². The van der Waals surface area contributed by atoms with Crippen molar-refractivity contribution in [2.24, 2.45) is 5.92 Å². The molecule has 1 aromatic carbocycles. The van der Waals surface area contributed by atoms with Gasteiger partial charge in [-0.25, -0.2) is 0 Å². The summed E-state index contributed by atoms with van der Waals surface area (Å²) in [5.41, 5.74) is 0.771. The lowest BCUT2D eigenvalue weighted by molar-refractivity contribution is -0.119. The Morgan fingerprint density at radius 1 is 1.19 bits per heavy atom. The Labute approximate surface area is 125 Å². The molecule has 0 spiro atoms. The smallest absolute Gasteiger partial charge is 0.227 e. The number of nitrogens with one attached hydrogen (secondary N) is 1. The normalized spacial score (nSPS) is 22.4. The fourth-order valence-corrected chi connectivity index (χ4v) is 3.08. The molecule has 1 amide bonds. The van der Waals surface area contributed by atoms with Gasteiger partial charge < -0.3 is 14.8 Å². The first kappa shape index (κ1) is 14.4. The van der Waals surface area contributed by atoms with Crippen molar-refractivity contribution in [3.05, 3.63) is 24.3 Å². The van der Waals surface area contributed by atoms with Gasteiger partial charge in [0.1, 0.15) is 12.4 Å². The van der Waals surface area contributed by atoms with E-state index in [1.807, 2.05) is 24.3 Å². The third-order valence-corrected chi connectivity index (χ3v) is 4.32. The molecule has 3 rings (SSSR count). The summed E-state index contributed by atoms with van der Waals surface area (Å²) >= 11 is 0. The standard InChI is InChI=1S/C17H23NO3/c19-17(13-6-1-2-7-13)18-15-9-3-4-10-16(15)21-12-14-8-5-11-20-14/h3-4,9-10,13-14H,1-2,5-8,11-12H2,(H,18,19). The van der Waals surface area contributed by atoms with E-state index in [-0.39, 0.29) is 17.9 Å². The summed E-state index contributed by atoms with van der Waals surface area (Å²) in [6.07, 6.45) is 6.67. The van der Waals surface area contributed by atoms with E-state index in [0.717, 1.165) is 56.6 Å². The van der Waals surface area contributed by atoms with Crippen molar-refractivity contribution >= 4 is 11.6 Å². The van der Waals surface area contributed by atoms with Crippen LogP contribution in [-0.2, 0) is 9.53 Å². The Morgan fingerprint density at radius 3 is 2.76 bits per heavy atom. The minimum atomic E-state index is 0.126. The Bertz CT molecular complexity index is 477. The molecule has 114 valence electrons. The first-order chi connectivity index (χ1) is 10.3. The predicted octanol–water partition coefficient (Wildman–Crippen LogP) is 3.37. The zero-order valence-electron chi connectivity index (χ0n) is 12.3. The van der Waals surface area contributed by atoms with Crippen molar-refractivity contribution in [1.29, 1.82) is 0 Å². The molecule has 1 aliphatic carbocycles. The molecular formula is C17H23NO3. The number of hydrogen-bond acceptors (Lipinski definition) is 3. The van der Waals surface area contributed by atoms with E-state index in [9.17, 15) is 4.79 Å². The van der Waals surface area contributed by atoms with Gasteiger partial charge >= 0.3 is 0 Å². The Kier molecular flexibility index (Phi) is 4.76. The van der Waals surface area contributed by atoms with Gasteiger partial charge in [-0.05, 0) is 37.8 Å². The number of hydrogen-bond donors (Lipinski definition) is 1. The van der Waals surface area contributed by atoms with Crippen LogP contribution in [0.5, 0.6) is 5.75 Å². The fourth-order valence-electron chi connectivity index (χ4n) is 3.08. The number of carbonyl (C=O) groups is 1. The van der Waals surface area contributed by atoms with Crippen LogP contribution < -0.4 is 10.1 Å². The molecule has 1 aliphatic heterocycles. The number of benzene rings is 1. The lowest BCUT2D eigenvalue weighted by atomic mass is 10.1. The van der Waals surface area contributed by atoms with E-state index in [0.29, 0.717) is 6.61 Å². The van der Waals surface area contributed by atoms with Gasteiger partial charge in [-0.2, -0.15) is 0 Å². The Morgan fingerprint density at radius 2 is 2.00 bits per heavy atom. The first-order valence-electron chi connectivity index (χ1n) is 7.97. The van der Waals surface area contributed by atoms with Crippen molar-refractivity contribution in [2.45, 2.75) is 44.6 Å². The zero-order valence-corrected chi connectivity index (χ0v) is 12.3. The maximum Gasteiger partial charge on any atom is 0.227 e. The van der Waals surface area contributed by atoms with Crippen LogP contribution >= 0.6 is 0 Å². The second-order valence-electron chi connectivity index (χ2n) is 5.91. The van der Waals surface area contributed by atoms with Gasteiger partial charge in [0.15, 0.2) is 0 Å². The maximum absolute atomic E-state index is 12.2. The lowest BCUT2D eigenvalue weighted by Gasteiger charge is -2.16. The molecule has 0 aromatic heterocycles. The minimum absolute atomic E-state index is 0.126. The summed E-state index contributed by atoms with van der Waals surface area (Å²) in [5, 5.41) is 3.02. The van der Waals surface area contributed by atoms with Crippen molar-refractivity contribution in [3.8, 4) is 5.75 Å². The number of rotatable bonds is 5. The highest BCUT2D eigenvalue weighted by molar-refractivity contribution is 5.94. The third-order valence-electron chi connectivity index (χ3n) is 4.32. The summed E-state index contributed by atoms with van der Waals surface area (Å²) in [4.78, 5) is 12.2. The Hall–Kier alpha value is -1.55. The van der Waals surface area contributed by atoms with E-state index in [1.54, 1.807) is 0 Å². The molecule has 1 saturated carbocycles. The minimum Gasteiger partial charge on any atom is -0.489 e. The van der Waals surface area contributed by atoms with Crippen LogP contribution in [0.1, 0.15) is 38.5 Å². The van der Waals surface area contributed by atoms with Crippen LogP contribution in [0.4, 0.5) is 5.69 Å². The first-order valence-corrected chi connectivity index (χ1v) is 7.97. The molecule has 1 atom stereocenters. The van der Waals surface area contributed by atoms with E-state index < -0.39 is 0 Å². The van der Waals surface area contributed by atoms with Crippen molar-refractivity contribution < 1.29 is 14.3 Å². The van der Waals surface area contributed by atoms with Gasteiger partial charge in [0, 0.05) is 12.5 Å². The van der Waals surface area contributed by atoms with Gasteiger partial charge in [0.2, 0.25) is 5.91 Å². The van der Waals surface area contributed by atoms with Gasteiger partial charge in [-0.1, -0.05) is 25.0 Å². The third kappa shape index (κ3) is 3.76. The van der Waals surface area contributed by atoms with Crippen molar-refractivity contribution in [1.82, 2.24) is 0 Å². The monoisotopic (exact) mass is 289 g/mol. The van der Waals surface area contributed by atoms with Crippen LogP contribution in [-0.4, -0.2) is 25.2 Å². The number of ether oxygens (including phenoxy) is 2. The SMILES string of the molecule is O=C(Nc1ccccc1OCC1CCCO1)C1CCCC1. The molecule has 1 N–H and O–H groups in total. The van der Waals surface area contributed by atoms with Crippen molar-refractivity contribution in [2.75, 3.05) is 18.5 Å². The van der Waals surface area contributed by atoms with Crippen LogP contribution in [0.15, 0.2) is 24.3 Å². The van der Waals surface area contributed by atoms with E-state index >= 15 is 0 Å². The summed E-state index contributed by atoms with van der Waals surface area (Å²) in [7, 11) is 0. The van der Waals surface area contributed by atoms with Crippen molar-refractivity contribution in [3.63, 3.8) is 0 Å². The molecule has 1 saturated heterocycles. The topological polar surface area (TPSA) is 47.6 Å². The summed E-state index contributed by atoms with van der Waals surface area (Å²) in [5.74, 6) is 1.02. The molecule has 4 heteroatoms. The summed E-state index contributed by atoms with van der Waals surface area (Å²) in [6, 6.07) is 7.65. The second kappa shape index (κ2) is 6.94. The maximum atomic E-state index is 12.2. The lowest BCUT2D eigenvalue weighted by Crippen LogP contribution is -2.21.